The number of hydrogen-bond acceptors (Lipinski definition) is 4. The molecule has 2 N–H and O–H groups in total. The molecule has 0 radical (unpaired) electrons. The van der Waals surface area contributed by atoms with Crippen LogP contribution in [0.2, 0.25) is 5.02 Å². The normalized spacial score (nSPS) is 11.2. The average Bonchev–Trinajstić information content (AvgIpc) is 3.20. The minimum absolute atomic E-state index is 0.0878. The average molecular weight is 524 g/mol. The summed E-state index contributed by atoms with van der Waals surface area (Å²) >= 11 is 5.94. The Hall–Kier alpha value is -4.55. The summed E-state index contributed by atoms with van der Waals surface area (Å²) < 4.78 is 8.01. The number of ether oxygens (including phenoxy) is 1. The summed E-state index contributed by atoms with van der Waals surface area (Å²) in [4.78, 5) is 12.7. The van der Waals surface area contributed by atoms with Crippen LogP contribution in [0.15, 0.2) is 96.1 Å². The summed E-state index contributed by atoms with van der Waals surface area (Å²) in [6, 6.07) is 28.2. The molecule has 190 valence electrons. The van der Waals surface area contributed by atoms with Gasteiger partial charge in [-0.15, -0.1) is 0 Å². The second-order valence-corrected chi connectivity index (χ2v) is 9.42. The van der Waals surface area contributed by atoms with E-state index in [4.69, 9.17) is 16.3 Å². The fraction of sp³-hybridized carbons (Fsp3) is 0.0968. The standard InChI is InChI=1S/C31H26ClN3O3/c1-20-15-25(18-33-34-31(37)29-16-23-5-3-4-6-24(23)17-30(29)36)21(2)35(20)27-11-13-28(14-12-27)38-19-22-7-9-26(32)10-8-22/h3-18,36H,19H2,1-2H3,(H,34,37). The fourth-order valence-corrected chi connectivity index (χ4v) is 4.51. The van der Waals surface area contributed by atoms with Gasteiger partial charge in [-0.3, -0.25) is 4.79 Å². The Balaban J connectivity index is 1.26. The third kappa shape index (κ3) is 5.41. The summed E-state index contributed by atoms with van der Waals surface area (Å²) in [5, 5.41) is 16.9. The summed E-state index contributed by atoms with van der Waals surface area (Å²) in [5.74, 6) is 0.204. The molecule has 1 heterocycles. The molecule has 1 aromatic heterocycles. The van der Waals surface area contributed by atoms with Gasteiger partial charge in [0, 0.05) is 27.7 Å². The number of nitrogens with zero attached hydrogens (tertiary/aromatic N) is 2. The number of amides is 1. The molecule has 0 saturated heterocycles. The van der Waals surface area contributed by atoms with Gasteiger partial charge in [0.15, 0.2) is 0 Å². The summed E-state index contributed by atoms with van der Waals surface area (Å²) in [7, 11) is 0. The quantitative estimate of drug-likeness (QED) is 0.179. The zero-order valence-corrected chi connectivity index (χ0v) is 21.7. The minimum atomic E-state index is -0.479. The Bertz CT molecular complexity index is 1640. The largest absolute Gasteiger partial charge is 0.507 e. The number of aromatic hydroxyl groups is 1. The summed E-state index contributed by atoms with van der Waals surface area (Å²) in [6.07, 6.45) is 1.61. The van der Waals surface area contributed by atoms with Crippen LogP contribution < -0.4 is 10.2 Å². The highest BCUT2D eigenvalue weighted by Crippen LogP contribution is 2.25. The minimum Gasteiger partial charge on any atom is -0.507 e. The lowest BCUT2D eigenvalue weighted by Gasteiger charge is -2.11. The number of rotatable bonds is 7. The van der Waals surface area contributed by atoms with Crippen LogP contribution in [0.3, 0.4) is 0 Å². The van der Waals surface area contributed by atoms with E-state index in [0.29, 0.717) is 11.6 Å². The monoisotopic (exact) mass is 523 g/mol. The van der Waals surface area contributed by atoms with E-state index in [-0.39, 0.29) is 11.3 Å². The van der Waals surface area contributed by atoms with E-state index in [1.165, 1.54) is 0 Å². The molecule has 38 heavy (non-hydrogen) atoms. The van der Waals surface area contributed by atoms with E-state index in [0.717, 1.165) is 44.7 Å². The number of carbonyl (C=O) groups excluding carboxylic acids is 1. The highest BCUT2D eigenvalue weighted by Gasteiger charge is 2.13. The molecule has 5 rings (SSSR count). The van der Waals surface area contributed by atoms with Gasteiger partial charge in [-0.2, -0.15) is 5.10 Å². The molecule has 7 heteroatoms. The van der Waals surface area contributed by atoms with Crippen molar-refractivity contribution in [3.8, 4) is 17.2 Å². The Morgan fingerprint density at radius 1 is 0.974 bits per heavy atom. The highest BCUT2D eigenvalue weighted by atomic mass is 35.5. The van der Waals surface area contributed by atoms with Gasteiger partial charge in [-0.05, 0) is 84.8 Å². The van der Waals surface area contributed by atoms with Crippen LogP contribution in [0, 0.1) is 13.8 Å². The molecule has 4 aromatic carbocycles. The number of carbonyl (C=O) groups is 1. The maximum Gasteiger partial charge on any atom is 0.275 e. The topological polar surface area (TPSA) is 75.9 Å². The molecule has 0 fully saturated rings. The number of hydrogen-bond donors (Lipinski definition) is 2. The third-order valence-electron chi connectivity index (χ3n) is 6.36. The van der Waals surface area contributed by atoms with Crippen molar-refractivity contribution >= 4 is 34.5 Å². The zero-order chi connectivity index (χ0) is 26.6. The number of nitrogens with one attached hydrogen (secondary N) is 1. The predicted molar refractivity (Wildman–Crippen MR) is 152 cm³/mol. The molecule has 0 unspecified atom stereocenters. The van der Waals surface area contributed by atoms with Crippen LogP contribution in [0.4, 0.5) is 0 Å². The Kier molecular flexibility index (Phi) is 7.15. The van der Waals surface area contributed by atoms with Crippen LogP contribution >= 0.6 is 11.6 Å². The first-order valence-electron chi connectivity index (χ1n) is 12.1. The molecule has 6 nitrogen and oxygen atoms in total. The number of fused-ring (bicyclic) bond motifs is 1. The Labute approximate surface area is 225 Å². The van der Waals surface area contributed by atoms with Crippen molar-refractivity contribution in [1.82, 2.24) is 9.99 Å². The van der Waals surface area contributed by atoms with E-state index in [2.05, 4.69) is 15.1 Å². The van der Waals surface area contributed by atoms with E-state index < -0.39 is 5.91 Å². The van der Waals surface area contributed by atoms with Gasteiger partial charge in [0.05, 0.1) is 11.8 Å². The SMILES string of the molecule is Cc1cc(C=NNC(=O)c2cc3ccccc3cc2O)c(C)n1-c1ccc(OCc2ccc(Cl)cc2)cc1. The van der Waals surface area contributed by atoms with Crippen LogP contribution in [0.25, 0.3) is 16.5 Å². The van der Waals surface area contributed by atoms with Crippen molar-refractivity contribution in [2.24, 2.45) is 5.10 Å². The van der Waals surface area contributed by atoms with Gasteiger partial charge in [0.25, 0.3) is 5.91 Å². The van der Waals surface area contributed by atoms with E-state index in [1.54, 1.807) is 18.3 Å². The van der Waals surface area contributed by atoms with Crippen molar-refractivity contribution in [3.63, 3.8) is 0 Å². The molecular formula is C31H26ClN3O3. The molecular weight excluding hydrogens is 498 g/mol. The van der Waals surface area contributed by atoms with Crippen LogP contribution in [0.5, 0.6) is 11.5 Å². The van der Waals surface area contributed by atoms with Crippen molar-refractivity contribution in [3.05, 3.63) is 124 Å². The first-order chi connectivity index (χ1) is 18.4. The van der Waals surface area contributed by atoms with Crippen molar-refractivity contribution < 1.29 is 14.6 Å². The first kappa shape index (κ1) is 25.1. The van der Waals surface area contributed by atoms with Gasteiger partial charge < -0.3 is 14.4 Å². The van der Waals surface area contributed by atoms with Gasteiger partial charge in [0.2, 0.25) is 0 Å². The molecule has 0 atom stereocenters. The lowest BCUT2D eigenvalue weighted by molar-refractivity contribution is 0.0952. The molecule has 0 aliphatic heterocycles. The first-order valence-corrected chi connectivity index (χ1v) is 12.5. The van der Waals surface area contributed by atoms with Gasteiger partial charge >= 0.3 is 0 Å². The maximum atomic E-state index is 12.7. The number of phenols is 1. The number of hydrazone groups is 1. The molecule has 1 amide bonds. The Morgan fingerprint density at radius 3 is 2.37 bits per heavy atom. The van der Waals surface area contributed by atoms with E-state index in [1.807, 2.05) is 92.7 Å². The molecule has 0 spiro atoms. The Morgan fingerprint density at radius 2 is 1.66 bits per heavy atom. The second-order valence-electron chi connectivity index (χ2n) is 8.99. The molecule has 0 bridgehead atoms. The summed E-state index contributed by atoms with van der Waals surface area (Å²) in [5.41, 5.74) is 7.60. The molecule has 0 aliphatic carbocycles. The molecule has 5 aromatic rings. The number of aromatic nitrogens is 1. The van der Waals surface area contributed by atoms with Crippen LogP contribution in [-0.2, 0) is 6.61 Å². The number of halogens is 1. The smallest absolute Gasteiger partial charge is 0.275 e. The summed E-state index contributed by atoms with van der Waals surface area (Å²) in [6.45, 7) is 4.47. The van der Waals surface area contributed by atoms with Crippen molar-refractivity contribution in [2.45, 2.75) is 20.5 Å². The van der Waals surface area contributed by atoms with Crippen LogP contribution in [-0.4, -0.2) is 21.8 Å². The van der Waals surface area contributed by atoms with E-state index >= 15 is 0 Å². The lowest BCUT2D eigenvalue weighted by atomic mass is 10.1. The maximum absolute atomic E-state index is 12.7. The van der Waals surface area contributed by atoms with Crippen LogP contribution in [0.1, 0.15) is 32.9 Å². The third-order valence-corrected chi connectivity index (χ3v) is 6.61. The van der Waals surface area contributed by atoms with Gasteiger partial charge in [-0.1, -0.05) is 48.0 Å². The fourth-order valence-electron chi connectivity index (χ4n) is 4.39. The van der Waals surface area contributed by atoms with E-state index in [9.17, 15) is 9.90 Å². The van der Waals surface area contributed by atoms with Crippen molar-refractivity contribution in [1.29, 1.82) is 0 Å². The number of benzene rings is 4. The van der Waals surface area contributed by atoms with Gasteiger partial charge in [-0.25, -0.2) is 5.43 Å². The molecule has 0 aliphatic rings. The molecule has 0 saturated carbocycles. The predicted octanol–water partition coefficient (Wildman–Crippen LogP) is 6.95. The van der Waals surface area contributed by atoms with Gasteiger partial charge in [0.1, 0.15) is 18.1 Å². The van der Waals surface area contributed by atoms with Crippen molar-refractivity contribution in [2.75, 3.05) is 0 Å². The second kappa shape index (κ2) is 10.8. The highest BCUT2D eigenvalue weighted by molar-refractivity contribution is 6.30. The number of aryl methyl sites for hydroxylation is 1. The lowest BCUT2D eigenvalue weighted by Crippen LogP contribution is -2.17. The zero-order valence-electron chi connectivity index (χ0n) is 21.0. The number of phenolic OH excluding ortho intramolecular Hbond substituents is 1.